The van der Waals surface area contributed by atoms with Gasteiger partial charge in [-0.1, -0.05) is 23.9 Å². The van der Waals surface area contributed by atoms with Gasteiger partial charge in [0, 0.05) is 12.6 Å². The number of anilines is 2. The van der Waals surface area contributed by atoms with Gasteiger partial charge < -0.3 is 10.6 Å². The molecule has 0 spiro atoms. The molecule has 1 atom stereocenters. The SMILES string of the molecule is CCNc1cc(NC(C)c2cccc(F)c2)nc(SC)n1. The Balaban J connectivity index is 2.19. The summed E-state index contributed by atoms with van der Waals surface area (Å²) < 4.78 is 13.3. The number of hydrogen-bond acceptors (Lipinski definition) is 5. The molecule has 1 unspecified atom stereocenters. The molecule has 2 aromatic rings. The second-order valence-corrected chi connectivity index (χ2v) is 5.35. The van der Waals surface area contributed by atoms with Gasteiger partial charge in [0.1, 0.15) is 17.5 Å². The molecule has 0 radical (unpaired) electrons. The van der Waals surface area contributed by atoms with Gasteiger partial charge in [0.25, 0.3) is 0 Å². The van der Waals surface area contributed by atoms with Crippen LogP contribution in [0.5, 0.6) is 0 Å². The summed E-state index contributed by atoms with van der Waals surface area (Å²) in [5.74, 6) is 1.27. The minimum absolute atomic E-state index is 0.0419. The van der Waals surface area contributed by atoms with E-state index in [1.54, 1.807) is 6.07 Å². The molecule has 0 aliphatic carbocycles. The molecule has 0 amide bonds. The molecule has 0 saturated carbocycles. The number of nitrogens with zero attached hydrogens (tertiary/aromatic N) is 2. The number of aromatic nitrogens is 2. The van der Waals surface area contributed by atoms with E-state index in [4.69, 9.17) is 0 Å². The second kappa shape index (κ2) is 7.26. The van der Waals surface area contributed by atoms with E-state index in [-0.39, 0.29) is 11.9 Å². The summed E-state index contributed by atoms with van der Waals surface area (Å²) in [4.78, 5) is 8.81. The van der Waals surface area contributed by atoms with Crippen molar-refractivity contribution in [1.82, 2.24) is 9.97 Å². The molecule has 0 bridgehead atoms. The van der Waals surface area contributed by atoms with Crippen molar-refractivity contribution in [2.45, 2.75) is 25.0 Å². The molecule has 6 heteroatoms. The molecule has 1 aromatic carbocycles. The van der Waals surface area contributed by atoms with Gasteiger partial charge in [0.2, 0.25) is 0 Å². The van der Waals surface area contributed by atoms with Crippen LogP contribution in [0.4, 0.5) is 16.0 Å². The Hall–Kier alpha value is -1.82. The average molecular weight is 306 g/mol. The maximum absolute atomic E-state index is 13.3. The van der Waals surface area contributed by atoms with E-state index >= 15 is 0 Å². The third kappa shape index (κ3) is 4.32. The minimum Gasteiger partial charge on any atom is -0.370 e. The van der Waals surface area contributed by atoms with Crippen LogP contribution in [0.3, 0.4) is 0 Å². The fourth-order valence-electron chi connectivity index (χ4n) is 1.94. The minimum atomic E-state index is -0.234. The van der Waals surface area contributed by atoms with Crippen LogP contribution in [-0.2, 0) is 0 Å². The zero-order valence-corrected chi connectivity index (χ0v) is 13.2. The quantitative estimate of drug-likeness (QED) is 0.625. The van der Waals surface area contributed by atoms with E-state index in [1.807, 2.05) is 32.2 Å². The van der Waals surface area contributed by atoms with Crippen molar-refractivity contribution in [2.24, 2.45) is 0 Å². The van der Waals surface area contributed by atoms with Gasteiger partial charge in [-0.25, -0.2) is 14.4 Å². The Bertz CT molecular complexity index is 606. The van der Waals surface area contributed by atoms with Crippen molar-refractivity contribution < 1.29 is 4.39 Å². The first-order valence-corrected chi connectivity index (χ1v) is 8.03. The number of rotatable bonds is 6. The lowest BCUT2D eigenvalue weighted by Gasteiger charge is -2.16. The summed E-state index contributed by atoms with van der Waals surface area (Å²) >= 11 is 1.49. The maximum Gasteiger partial charge on any atom is 0.191 e. The summed E-state index contributed by atoms with van der Waals surface area (Å²) in [6, 6.07) is 8.39. The predicted octanol–water partition coefficient (Wildman–Crippen LogP) is 3.94. The van der Waals surface area contributed by atoms with Gasteiger partial charge in [-0.05, 0) is 37.8 Å². The van der Waals surface area contributed by atoms with Gasteiger partial charge in [-0.2, -0.15) is 0 Å². The fourth-order valence-corrected chi connectivity index (χ4v) is 2.32. The number of halogens is 1. The molecule has 1 heterocycles. The molecule has 2 rings (SSSR count). The fraction of sp³-hybridized carbons (Fsp3) is 0.333. The standard InChI is InChI=1S/C15H19FN4S/c1-4-17-13-9-14(20-15(19-13)21-3)18-10(2)11-6-5-7-12(16)8-11/h5-10H,4H2,1-3H3,(H2,17,18,19,20). The Morgan fingerprint density at radius 3 is 2.67 bits per heavy atom. The van der Waals surface area contributed by atoms with Crippen LogP contribution in [0.15, 0.2) is 35.5 Å². The lowest BCUT2D eigenvalue weighted by molar-refractivity contribution is 0.623. The van der Waals surface area contributed by atoms with Crippen LogP contribution in [0, 0.1) is 5.82 Å². The summed E-state index contributed by atoms with van der Waals surface area (Å²) in [5.41, 5.74) is 0.879. The average Bonchev–Trinajstić information content (AvgIpc) is 2.47. The molecule has 4 nitrogen and oxygen atoms in total. The lowest BCUT2D eigenvalue weighted by atomic mass is 10.1. The Morgan fingerprint density at radius 1 is 1.24 bits per heavy atom. The van der Waals surface area contributed by atoms with Gasteiger partial charge in [-0.15, -0.1) is 0 Å². The molecule has 21 heavy (non-hydrogen) atoms. The Morgan fingerprint density at radius 2 is 2.00 bits per heavy atom. The van der Waals surface area contributed by atoms with Crippen LogP contribution in [0.1, 0.15) is 25.5 Å². The zero-order chi connectivity index (χ0) is 15.2. The van der Waals surface area contributed by atoms with Gasteiger partial charge in [0.05, 0.1) is 6.04 Å². The van der Waals surface area contributed by atoms with E-state index in [2.05, 4.69) is 20.6 Å². The van der Waals surface area contributed by atoms with Crippen molar-refractivity contribution in [3.8, 4) is 0 Å². The van der Waals surface area contributed by atoms with Crippen molar-refractivity contribution in [1.29, 1.82) is 0 Å². The highest BCUT2D eigenvalue weighted by atomic mass is 32.2. The highest BCUT2D eigenvalue weighted by Crippen LogP contribution is 2.22. The third-order valence-electron chi connectivity index (χ3n) is 2.96. The normalized spacial score (nSPS) is 12.0. The van der Waals surface area contributed by atoms with Crippen LogP contribution in [0.2, 0.25) is 0 Å². The monoisotopic (exact) mass is 306 g/mol. The van der Waals surface area contributed by atoms with E-state index in [1.165, 1.54) is 23.9 Å². The molecular weight excluding hydrogens is 287 g/mol. The Labute approximate surface area is 128 Å². The number of benzene rings is 1. The molecule has 1 aromatic heterocycles. The van der Waals surface area contributed by atoms with E-state index in [9.17, 15) is 4.39 Å². The highest BCUT2D eigenvalue weighted by Gasteiger charge is 2.09. The topological polar surface area (TPSA) is 49.8 Å². The molecule has 0 saturated heterocycles. The maximum atomic E-state index is 13.3. The number of thioether (sulfide) groups is 1. The van der Waals surface area contributed by atoms with Crippen molar-refractivity contribution >= 4 is 23.4 Å². The van der Waals surface area contributed by atoms with Gasteiger partial charge >= 0.3 is 0 Å². The molecule has 112 valence electrons. The molecule has 2 N–H and O–H groups in total. The van der Waals surface area contributed by atoms with E-state index < -0.39 is 0 Å². The largest absolute Gasteiger partial charge is 0.370 e. The molecule has 0 aliphatic heterocycles. The van der Waals surface area contributed by atoms with Gasteiger partial charge in [0.15, 0.2) is 5.16 Å². The van der Waals surface area contributed by atoms with E-state index in [0.717, 1.165) is 23.7 Å². The Kier molecular flexibility index (Phi) is 5.38. The van der Waals surface area contributed by atoms with E-state index in [0.29, 0.717) is 5.16 Å². The first-order chi connectivity index (χ1) is 10.1. The first-order valence-electron chi connectivity index (χ1n) is 6.81. The molecular formula is C15H19FN4S. The zero-order valence-electron chi connectivity index (χ0n) is 12.4. The number of hydrogen-bond donors (Lipinski definition) is 2. The summed E-state index contributed by atoms with van der Waals surface area (Å²) in [6.07, 6.45) is 1.94. The van der Waals surface area contributed by atoms with Crippen LogP contribution in [0.25, 0.3) is 0 Å². The smallest absolute Gasteiger partial charge is 0.191 e. The molecule has 0 fully saturated rings. The summed E-state index contributed by atoms with van der Waals surface area (Å²) in [7, 11) is 0. The predicted molar refractivity (Wildman–Crippen MR) is 86.4 cm³/mol. The summed E-state index contributed by atoms with van der Waals surface area (Å²) in [5, 5.41) is 7.16. The van der Waals surface area contributed by atoms with Crippen molar-refractivity contribution in [3.05, 3.63) is 41.7 Å². The first kappa shape index (κ1) is 15.6. The van der Waals surface area contributed by atoms with Gasteiger partial charge in [-0.3, -0.25) is 0 Å². The lowest BCUT2D eigenvalue weighted by Crippen LogP contribution is -2.10. The van der Waals surface area contributed by atoms with Crippen LogP contribution < -0.4 is 10.6 Å². The number of nitrogens with one attached hydrogen (secondary N) is 2. The molecule has 0 aliphatic rings. The summed E-state index contributed by atoms with van der Waals surface area (Å²) in [6.45, 7) is 4.79. The van der Waals surface area contributed by atoms with Crippen molar-refractivity contribution in [2.75, 3.05) is 23.4 Å². The third-order valence-corrected chi connectivity index (χ3v) is 3.51. The van der Waals surface area contributed by atoms with Crippen LogP contribution >= 0.6 is 11.8 Å². The second-order valence-electron chi connectivity index (χ2n) is 4.58. The highest BCUT2D eigenvalue weighted by molar-refractivity contribution is 7.98. The van der Waals surface area contributed by atoms with Crippen molar-refractivity contribution in [3.63, 3.8) is 0 Å². The van der Waals surface area contributed by atoms with Crippen LogP contribution in [-0.4, -0.2) is 22.8 Å².